The van der Waals surface area contributed by atoms with E-state index in [0.29, 0.717) is 18.0 Å². The van der Waals surface area contributed by atoms with Crippen LogP contribution in [0, 0.1) is 0 Å². The fraction of sp³-hybridized carbons (Fsp3) is 0.188. The maximum atomic E-state index is 12.2. The molecule has 0 bridgehead atoms. The van der Waals surface area contributed by atoms with Gasteiger partial charge in [-0.25, -0.2) is 0 Å². The summed E-state index contributed by atoms with van der Waals surface area (Å²) in [5.74, 6) is 0.735. The van der Waals surface area contributed by atoms with Crippen molar-refractivity contribution in [2.75, 3.05) is 19.0 Å². The van der Waals surface area contributed by atoms with Crippen molar-refractivity contribution in [2.24, 2.45) is 0 Å². The molecule has 2 N–H and O–H groups in total. The number of aromatic hydroxyl groups is 1. The number of hydrogen-bond donors (Lipinski definition) is 2. The molecular weight excluding hydrogens is 270 g/mol. The van der Waals surface area contributed by atoms with E-state index >= 15 is 0 Å². The summed E-state index contributed by atoms with van der Waals surface area (Å²) in [6, 6.07) is 11.5. The minimum absolute atomic E-state index is 0.0979. The van der Waals surface area contributed by atoms with Crippen LogP contribution in [0.5, 0.6) is 17.2 Å². The summed E-state index contributed by atoms with van der Waals surface area (Å²) in [7, 11) is 1.50. The molecule has 0 unspecified atom stereocenters. The molecule has 0 aliphatic heterocycles. The molecule has 0 fully saturated rings. The van der Waals surface area contributed by atoms with Crippen LogP contribution >= 0.6 is 0 Å². The minimum atomic E-state index is -0.407. The lowest BCUT2D eigenvalue weighted by Gasteiger charge is -2.09. The first kappa shape index (κ1) is 14.7. The molecular formula is C16H17NO4. The van der Waals surface area contributed by atoms with Gasteiger partial charge in [0.05, 0.1) is 19.3 Å². The molecule has 5 heteroatoms. The third-order valence-electron chi connectivity index (χ3n) is 2.87. The van der Waals surface area contributed by atoms with Gasteiger partial charge in [0.25, 0.3) is 5.91 Å². The molecule has 0 aliphatic carbocycles. The van der Waals surface area contributed by atoms with E-state index in [-0.39, 0.29) is 11.3 Å². The standard InChI is InChI=1S/C16H17NO4/c1-3-21-12-6-4-11(5-7-12)17-16(19)14-10-13(20-2)8-9-15(14)18/h4-10,18H,3H2,1-2H3,(H,17,19). The quantitative estimate of drug-likeness (QED) is 0.887. The zero-order chi connectivity index (χ0) is 15.2. The molecule has 0 aromatic heterocycles. The van der Waals surface area contributed by atoms with E-state index in [1.807, 2.05) is 6.92 Å². The maximum Gasteiger partial charge on any atom is 0.259 e. The summed E-state index contributed by atoms with van der Waals surface area (Å²) < 4.78 is 10.4. The van der Waals surface area contributed by atoms with Gasteiger partial charge in [-0.05, 0) is 49.4 Å². The lowest BCUT2D eigenvalue weighted by atomic mass is 10.1. The number of amides is 1. The van der Waals surface area contributed by atoms with Gasteiger partial charge in [-0.3, -0.25) is 4.79 Å². The number of phenols is 1. The van der Waals surface area contributed by atoms with Gasteiger partial charge in [0.15, 0.2) is 0 Å². The van der Waals surface area contributed by atoms with Crippen molar-refractivity contribution in [3.63, 3.8) is 0 Å². The number of benzene rings is 2. The number of rotatable bonds is 5. The fourth-order valence-electron chi connectivity index (χ4n) is 1.82. The molecule has 110 valence electrons. The zero-order valence-electron chi connectivity index (χ0n) is 11.9. The lowest BCUT2D eigenvalue weighted by molar-refractivity contribution is 0.102. The normalized spacial score (nSPS) is 10.0. The molecule has 1 amide bonds. The van der Waals surface area contributed by atoms with Crippen molar-refractivity contribution in [3.05, 3.63) is 48.0 Å². The second-order valence-electron chi connectivity index (χ2n) is 4.29. The molecule has 2 rings (SSSR count). The molecule has 0 spiro atoms. The number of anilines is 1. The maximum absolute atomic E-state index is 12.2. The van der Waals surface area contributed by atoms with Crippen LogP contribution in [0.15, 0.2) is 42.5 Å². The Morgan fingerprint density at radius 3 is 2.43 bits per heavy atom. The van der Waals surface area contributed by atoms with Crippen LogP contribution in [0.3, 0.4) is 0 Å². The number of methoxy groups -OCH3 is 1. The highest BCUT2D eigenvalue weighted by atomic mass is 16.5. The molecule has 5 nitrogen and oxygen atoms in total. The number of carbonyl (C=O) groups excluding carboxylic acids is 1. The van der Waals surface area contributed by atoms with Gasteiger partial charge in [-0.1, -0.05) is 0 Å². The van der Waals surface area contributed by atoms with Crippen LogP contribution in [0.25, 0.3) is 0 Å². The smallest absolute Gasteiger partial charge is 0.259 e. The van der Waals surface area contributed by atoms with Crippen LogP contribution in [-0.4, -0.2) is 24.7 Å². The monoisotopic (exact) mass is 287 g/mol. The second kappa shape index (κ2) is 6.65. The molecule has 0 atom stereocenters. The first-order valence-corrected chi connectivity index (χ1v) is 6.55. The molecule has 0 aliphatic rings. The van der Waals surface area contributed by atoms with Gasteiger partial charge in [-0.2, -0.15) is 0 Å². The number of hydrogen-bond acceptors (Lipinski definition) is 4. The van der Waals surface area contributed by atoms with Gasteiger partial charge in [-0.15, -0.1) is 0 Å². The van der Waals surface area contributed by atoms with E-state index in [4.69, 9.17) is 9.47 Å². The van der Waals surface area contributed by atoms with Crippen molar-refractivity contribution >= 4 is 11.6 Å². The van der Waals surface area contributed by atoms with E-state index in [9.17, 15) is 9.90 Å². The van der Waals surface area contributed by atoms with Crippen molar-refractivity contribution in [3.8, 4) is 17.2 Å². The van der Waals surface area contributed by atoms with E-state index in [1.54, 1.807) is 30.3 Å². The Kier molecular flexibility index (Phi) is 4.66. The summed E-state index contributed by atoms with van der Waals surface area (Å²) in [5, 5.41) is 12.5. The van der Waals surface area contributed by atoms with Crippen LogP contribution in [-0.2, 0) is 0 Å². The van der Waals surface area contributed by atoms with Crippen LogP contribution in [0.2, 0.25) is 0 Å². The molecule has 0 saturated carbocycles. The second-order valence-corrected chi connectivity index (χ2v) is 4.29. The summed E-state index contributed by atoms with van der Waals surface area (Å²) >= 11 is 0. The van der Waals surface area contributed by atoms with Crippen LogP contribution in [0.1, 0.15) is 17.3 Å². The SMILES string of the molecule is CCOc1ccc(NC(=O)c2cc(OC)ccc2O)cc1. The molecule has 0 radical (unpaired) electrons. The first-order chi connectivity index (χ1) is 10.1. The summed E-state index contributed by atoms with van der Waals surface area (Å²) in [5.41, 5.74) is 0.772. The Morgan fingerprint density at radius 1 is 1.14 bits per heavy atom. The van der Waals surface area contributed by atoms with E-state index in [0.717, 1.165) is 5.75 Å². The molecule has 21 heavy (non-hydrogen) atoms. The Morgan fingerprint density at radius 2 is 1.81 bits per heavy atom. The Hall–Kier alpha value is -2.69. The Bertz CT molecular complexity index is 623. The Balaban J connectivity index is 2.14. The van der Waals surface area contributed by atoms with Gasteiger partial charge in [0.2, 0.25) is 0 Å². The van der Waals surface area contributed by atoms with Gasteiger partial charge in [0.1, 0.15) is 17.2 Å². The van der Waals surface area contributed by atoms with E-state index in [1.165, 1.54) is 19.2 Å². The molecule has 2 aromatic carbocycles. The third kappa shape index (κ3) is 3.66. The predicted octanol–water partition coefficient (Wildman–Crippen LogP) is 3.05. The molecule has 0 saturated heterocycles. The highest BCUT2D eigenvalue weighted by molar-refractivity contribution is 6.06. The number of nitrogens with one attached hydrogen (secondary N) is 1. The van der Waals surface area contributed by atoms with Gasteiger partial charge in [0, 0.05) is 5.69 Å². The topological polar surface area (TPSA) is 67.8 Å². The Labute approximate surface area is 123 Å². The van der Waals surface area contributed by atoms with Gasteiger partial charge >= 0.3 is 0 Å². The summed E-state index contributed by atoms with van der Waals surface area (Å²) in [6.45, 7) is 2.49. The van der Waals surface area contributed by atoms with Crippen molar-refractivity contribution < 1.29 is 19.4 Å². The number of phenolic OH excluding ortho intramolecular Hbond substituents is 1. The average molecular weight is 287 g/mol. The van der Waals surface area contributed by atoms with Crippen molar-refractivity contribution in [1.29, 1.82) is 0 Å². The van der Waals surface area contributed by atoms with Crippen molar-refractivity contribution in [1.82, 2.24) is 0 Å². The fourth-order valence-corrected chi connectivity index (χ4v) is 1.82. The van der Waals surface area contributed by atoms with Gasteiger partial charge < -0.3 is 19.9 Å². The predicted molar refractivity (Wildman–Crippen MR) is 80.2 cm³/mol. The zero-order valence-corrected chi connectivity index (χ0v) is 11.9. The number of ether oxygens (including phenoxy) is 2. The molecule has 2 aromatic rings. The highest BCUT2D eigenvalue weighted by Crippen LogP contribution is 2.24. The third-order valence-corrected chi connectivity index (χ3v) is 2.87. The largest absolute Gasteiger partial charge is 0.507 e. The van der Waals surface area contributed by atoms with E-state index < -0.39 is 5.91 Å². The highest BCUT2D eigenvalue weighted by Gasteiger charge is 2.12. The first-order valence-electron chi connectivity index (χ1n) is 6.55. The van der Waals surface area contributed by atoms with E-state index in [2.05, 4.69) is 5.32 Å². The van der Waals surface area contributed by atoms with Crippen molar-refractivity contribution in [2.45, 2.75) is 6.92 Å². The number of carbonyl (C=O) groups is 1. The average Bonchev–Trinajstić information content (AvgIpc) is 2.50. The summed E-state index contributed by atoms with van der Waals surface area (Å²) in [4.78, 5) is 12.2. The summed E-state index contributed by atoms with van der Waals surface area (Å²) in [6.07, 6.45) is 0. The molecule has 0 heterocycles. The lowest BCUT2D eigenvalue weighted by Crippen LogP contribution is -2.12. The minimum Gasteiger partial charge on any atom is -0.507 e. The van der Waals surface area contributed by atoms with Crippen LogP contribution in [0.4, 0.5) is 5.69 Å². The van der Waals surface area contributed by atoms with Crippen LogP contribution < -0.4 is 14.8 Å².